The number of likely N-dealkylation sites (N-methyl/N-ethyl adjacent to an activating group) is 1. The van der Waals surface area contributed by atoms with Crippen LogP contribution in [-0.2, 0) is 14.3 Å². The first kappa shape index (κ1) is 16.4. The number of ether oxygens (including phenoxy) is 2. The molecule has 0 aliphatic carbocycles. The van der Waals surface area contributed by atoms with E-state index < -0.39 is 0 Å². The van der Waals surface area contributed by atoms with Crippen LogP contribution in [0.15, 0.2) is 0 Å². The zero-order valence-electron chi connectivity index (χ0n) is 11.9. The lowest BCUT2D eigenvalue weighted by atomic mass is 10.0. The molecule has 4 nitrogen and oxygen atoms in total. The lowest BCUT2D eigenvalue weighted by molar-refractivity contribution is -0.148. The maximum absolute atomic E-state index is 11.0. The van der Waals surface area contributed by atoms with Crippen LogP contribution in [0.2, 0.25) is 0 Å². The lowest BCUT2D eigenvalue weighted by Crippen LogP contribution is -2.33. The fourth-order valence-corrected chi connectivity index (χ4v) is 1.65. The molecule has 0 aromatic heterocycles. The third-order valence-corrected chi connectivity index (χ3v) is 2.68. The van der Waals surface area contributed by atoms with Crippen molar-refractivity contribution in [1.29, 1.82) is 0 Å². The van der Waals surface area contributed by atoms with Crippen LogP contribution < -0.4 is 0 Å². The summed E-state index contributed by atoms with van der Waals surface area (Å²) in [5.74, 6) is 0.415. The number of nitrogens with zero attached hydrogens (tertiary/aromatic N) is 1. The first-order valence-electron chi connectivity index (χ1n) is 6.41. The molecule has 0 rings (SSSR count). The number of carbonyl (C=O) groups excluding carboxylic acids is 1. The normalized spacial score (nSPS) is 13.1. The van der Waals surface area contributed by atoms with Crippen molar-refractivity contribution in [1.82, 2.24) is 4.90 Å². The molecule has 0 amide bonds. The van der Waals surface area contributed by atoms with E-state index in [1.807, 2.05) is 0 Å². The molecular weight excluding hydrogens is 218 g/mol. The molecule has 1 atom stereocenters. The van der Waals surface area contributed by atoms with Gasteiger partial charge in [-0.25, -0.2) is 4.79 Å². The SMILES string of the molecule is CCOC(=O)COCCN(C)C(C)CC(C)C. The minimum absolute atomic E-state index is 0.0558. The summed E-state index contributed by atoms with van der Waals surface area (Å²) >= 11 is 0. The second-order valence-electron chi connectivity index (χ2n) is 4.82. The van der Waals surface area contributed by atoms with Crippen molar-refractivity contribution < 1.29 is 14.3 Å². The smallest absolute Gasteiger partial charge is 0.332 e. The van der Waals surface area contributed by atoms with E-state index in [-0.39, 0.29) is 12.6 Å². The average Bonchev–Trinajstić information content (AvgIpc) is 2.23. The van der Waals surface area contributed by atoms with E-state index in [1.54, 1.807) is 6.92 Å². The summed E-state index contributed by atoms with van der Waals surface area (Å²) in [5, 5.41) is 0. The minimum Gasteiger partial charge on any atom is -0.464 e. The maximum Gasteiger partial charge on any atom is 0.332 e. The summed E-state index contributed by atoms with van der Waals surface area (Å²) in [6.45, 7) is 10.3. The molecule has 0 aromatic carbocycles. The number of esters is 1. The molecule has 0 aliphatic heterocycles. The molecule has 0 aliphatic rings. The van der Waals surface area contributed by atoms with Gasteiger partial charge in [-0.15, -0.1) is 0 Å². The predicted molar refractivity (Wildman–Crippen MR) is 69.0 cm³/mol. The van der Waals surface area contributed by atoms with E-state index in [0.717, 1.165) is 6.54 Å². The molecule has 0 bridgehead atoms. The van der Waals surface area contributed by atoms with Gasteiger partial charge in [0.25, 0.3) is 0 Å². The second-order valence-corrected chi connectivity index (χ2v) is 4.82. The molecule has 0 saturated carbocycles. The monoisotopic (exact) mass is 245 g/mol. The van der Waals surface area contributed by atoms with Gasteiger partial charge in [0.15, 0.2) is 0 Å². The molecule has 0 radical (unpaired) electrons. The van der Waals surface area contributed by atoms with Crippen LogP contribution in [0, 0.1) is 5.92 Å². The number of rotatable bonds is 9. The van der Waals surface area contributed by atoms with E-state index in [4.69, 9.17) is 9.47 Å². The highest BCUT2D eigenvalue weighted by atomic mass is 16.6. The second kappa shape index (κ2) is 9.42. The van der Waals surface area contributed by atoms with E-state index in [1.165, 1.54) is 6.42 Å². The largest absolute Gasteiger partial charge is 0.464 e. The molecule has 102 valence electrons. The van der Waals surface area contributed by atoms with Gasteiger partial charge >= 0.3 is 5.97 Å². The summed E-state index contributed by atoms with van der Waals surface area (Å²) in [5.41, 5.74) is 0. The molecular formula is C13H27NO3. The van der Waals surface area contributed by atoms with Crippen molar-refractivity contribution >= 4 is 5.97 Å². The summed E-state index contributed by atoms with van der Waals surface area (Å²) in [6, 6.07) is 0.543. The van der Waals surface area contributed by atoms with Gasteiger partial charge in [0, 0.05) is 12.6 Å². The van der Waals surface area contributed by atoms with Gasteiger partial charge < -0.3 is 14.4 Å². The Morgan fingerprint density at radius 3 is 2.47 bits per heavy atom. The molecule has 1 unspecified atom stereocenters. The fraction of sp³-hybridized carbons (Fsp3) is 0.923. The Morgan fingerprint density at radius 2 is 1.94 bits per heavy atom. The maximum atomic E-state index is 11.0. The Labute approximate surface area is 105 Å². The number of carbonyl (C=O) groups is 1. The first-order chi connectivity index (χ1) is 7.97. The van der Waals surface area contributed by atoms with Crippen LogP contribution in [-0.4, -0.2) is 50.3 Å². The molecule has 0 aromatic rings. The third-order valence-electron chi connectivity index (χ3n) is 2.68. The average molecular weight is 245 g/mol. The fourth-order valence-electron chi connectivity index (χ4n) is 1.65. The molecule has 0 spiro atoms. The van der Waals surface area contributed by atoms with Crippen LogP contribution in [0.25, 0.3) is 0 Å². The summed E-state index contributed by atoms with van der Waals surface area (Å²) in [7, 11) is 2.08. The van der Waals surface area contributed by atoms with Crippen molar-refractivity contribution in [3.8, 4) is 0 Å². The Kier molecular flexibility index (Phi) is 9.09. The Hall–Kier alpha value is -0.610. The Bertz CT molecular complexity index is 207. The molecule has 0 fully saturated rings. The van der Waals surface area contributed by atoms with E-state index in [9.17, 15) is 4.79 Å². The Balaban J connectivity index is 3.56. The van der Waals surface area contributed by atoms with Gasteiger partial charge in [-0.2, -0.15) is 0 Å². The van der Waals surface area contributed by atoms with Crippen molar-refractivity contribution in [2.45, 2.75) is 40.2 Å². The van der Waals surface area contributed by atoms with Crippen LogP contribution in [0.5, 0.6) is 0 Å². The molecule has 0 heterocycles. The molecule has 17 heavy (non-hydrogen) atoms. The zero-order valence-corrected chi connectivity index (χ0v) is 11.9. The van der Waals surface area contributed by atoms with Gasteiger partial charge in [0.2, 0.25) is 0 Å². The van der Waals surface area contributed by atoms with Crippen molar-refractivity contribution in [2.75, 3.05) is 33.4 Å². The molecule has 0 N–H and O–H groups in total. The van der Waals surface area contributed by atoms with Gasteiger partial charge in [0.05, 0.1) is 13.2 Å². The quantitative estimate of drug-likeness (QED) is 0.459. The van der Waals surface area contributed by atoms with E-state index in [0.29, 0.717) is 25.2 Å². The summed E-state index contributed by atoms with van der Waals surface area (Å²) < 4.78 is 10.0. The van der Waals surface area contributed by atoms with Crippen molar-refractivity contribution in [3.05, 3.63) is 0 Å². The summed E-state index contributed by atoms with van der Waals surface area (Å²) in [6.07, 6.45) is 1.17. The first-order valence-corrected chi connectivity index (χ1v) is 6.41. The highest BCUT2D eigenvalue weighted by molar-refractivity contribution is 5.70. The highest BCUT2D eigenvalue weighted by Gasteiger charge is 2.10. The van der Waals surface area contributed by atoms with Gasteiger partial charge in [-0.05, 0) is 33.2 Å². The summed E-state index contributed by atoms with van der Waals surface area (Å²) in [4.78, 5) is 13.3. The van der Waals surface area contributed by atoms with Crippen LogP contribution in [0.3, 0.4) is 0 Å². The van der Waals surface area contributed by atoms with Gasteiger partial charge in [-0.1, -0.05) is 13.8 Å². The van der Waals surface area contributed by atoms with E-state index in [2.05, 4.69) is 32.7 Å². The van der Waals surface area contributed by atoms with Crippen LogP contribution >= 0.6 is 0 Å². The van der Waals surface area contributed by atoms with Gasteiger partial charge in [-0.3, -0.25) is 0 Å². The number of hydrogen-bond acceptors (Lipinski definition) is 4. The third kappa shape index (κ3) is 9.12. The highest BCUT2D eigenvalue weighted by Crippen LogP contribution is 2.08. The number of hydrogen-bond donors (Lipinski definition) is 0. The predicted octanol–water partition coefficient (Wildman–Crippen LogP) is 1.93. The standard InChI is InChI=1S/C13H27NO3/c1-6-17-13(15)10-16-8-7-14(5)12(4)9-11(2)3/h11-12H,6-10H2,1-5H3. The Morgan fingerprint density at radius 1 is 1.29 bits per heavy atom. The topological polar surface area (TPSA) is 38.8 Å². The van der Waals surface area contributed by atoms with E-state index >= 15 is 0 Å². The lowest BCUT2D eigenvalue weighted by Gasteiger charge is -2.25. The van der Waals surface area contributed by atoms with Crippen molar-refractivity contribution in [2.24, 2.45) is 5.92 Å². The molecule has 4 heteroatoms. The minimum atomic E-state index is -0.287. The zero-order chi connectivity index (χ0) is 13.3. The van der Waals surface area contributed by atoms with Crippen LogP contribution in [0.4, 0.5) is 0 Å². The van der Waals surface area contributed by atoms with Gasteiger partial charge in [0.1, 0.15) is 6.61 Å². The van der Waals surface area contributed by atoms with Crippen LogP contribution in [0.1, 0.15) is 34.1 Å². The molecule has 0 saturated heterocycles. The van der Waals surface area contributed by atoms with Crippen molar-refractivity contribution in [3.63, 3.8) is 0 Å².